The minimum atomic E-state index is -1.00. The second kappa shape index (κ2) is 5.14. The Morgan fingerprint density at radius 3 is 2.79 bits per heavy atom. The molecule has 1 aromatic heterocycles. The second-order valence-electron chi connectivity index (χ2n) is 2.99. The molecule has 2 atom stereocenters. The Labute approximate surface area is 87.3 Å². The predicted molar refractivity (Wildman–Crippen MR) is 55.0 cm³/mol. The largest absolute Gasteiger partial charge is 0.397 e. The smallest absolute Gasteiger partial charge is 0.107 e. The number of halogens is 1. The number of anilines is 1. The van der Waals surface area contributed by atoms with Crippen LogP contribution in [0.15, 0.2) is 18.5 Å². The van der Waals surface area contributed by atoms with Gasteiger partial charge >= 0.3 is 0 Å². The summed E-state index contributed by atoms with van der Waals surface area (Å²) in [4.78, 5) is 3.79. The van der Waals surface area contributed by atoms with Crippen LogP contribution in [0.5, 0.6) is 0 Å². The maximum absolute atomic E-state index is 9.68. The van der Waals surface area contributed by atoms with E-state index in [0.717, 1.165) is 0 Å². The third kappa shape index (κ3) is 2.57. The van der Waals surface area contributed by atoms with Crippen molar-refractivity contribution in [3.63, 3.8) is 0 Å². The molecule has 0 aromatic carbocycles. The van der Waals surface area contributed by atoms with Crippen molar-refractivity contribution < 1.29 is 10.2 Å². The van der Waals surface area contributed by atoms with Crippen LogP contribution in [0.2, 0.25) is 0 Å². The maximum atomic E-state index is 9.68. The Bertz CT molecular complexity index is 296. The summed E-state index contributed by atoms with van der Waals surface area (Å²) >= 11 is 5.45. The topological polar surface area (TPSA) is 79.4 Å². The minimum absolute atomic E-state index is 0.295. The van der Waals surface area contributed by atoms with Gasteiger partial charge in [0.2, 0.25) is 0 Å². The third-order valence-corrected chi connectivity index (χ3v) is 2.19. The zero-order valence-electron chi connectivity index (χ0n) is 7.60. The van der Waals surface area contributed by atoms with Crippen LogP contribution < -0.4 is 5.73 Å². The molecule has 4 nitrogen and oxygen atoms in total. The maximum Gasteiger partial charge on any atom is 0.107 e. The van der Waals surface area contributed by atoms with Crippen LogP contribution in [0.3, 0.4) is 0 Å². The molecule has 0 bridgehead atoms. The lowest BCUT2D eigenvalue weighted by Gasteiger charge is -2.18. The minimum Gasteiger partial charge on any atom is -0.397 e. The van der Waals surface area contributed by atoms with E-state index in [9.17, 15) is 10.2 Å². The fraction of sp³-hybridized carbons (Fsp3) is 0.444. The van der Waals surface area contributed by atoms with Crippen molar-refractivity contribution in [2.75, 3.05) is 11.6 Å². The summed E-state index contributed by atoms with van der Waals surface area (Å²) in [6.45, 7) is 0. The van der Waals surface area contributed by atoms with E-state index < -0.39 is 12.2 Å². The van der Waals surface area contributed by atoms with Crippen LogP contribution in [0.4, 0.5) is 5.69 Å². The van der Waals surface area contributed by atoms with Gasteiger partial charge in [0.25, 0.3) is 0 Å². The van der Waals surface area contributed by atoms with Crippen LogP contribution in [0.25, 0.3) is 0 Å². The zero-order chi connectivity index (χ0) is 10.6. The SMILES string of the molecule is Nc1cnccc1C(O)C(O)CCCl. The van der Waals surface area contributed by atoms with Crippen molar-refractivity contribution in [3.8, 4) is 0 Å². The van der Waals surface area contributed by atoms with E-state index in [-0.39, 0.29) is 0 Å². The van der Waals surface area contributed by atoms with E-state index in [2.05, 4.69) is 4.98 Å². The average molecular weight is 217 g/mol. The number of nitrogens with two attached hydrogens (primary N) is 1. The molecule has 14 heavy (non-hydrogen) atoms. The number of nitrogens with zero attached hydrogens (tertiary/aromatic N) is 1. The number of pyridine rings is 1. The van der Waals surface area contributed by atoms with Gasteiger partial charge in [0, 0.05) is 17.6 Å². The highest BCUT2D eigenvalue weighted by Crippen LogP contribution is 2.23. The highest BCUT2D eigenvalue weighted by Gasteiger charge is 2.19. The van der Waals surface area contributed by atoms with Gasteiger partial charge in [0.1, 0.15) is 6.10 Å². The van der Waals surface area contributed by atoms with Gasteiger partial charge in [0.15, 0.2) is 0 Å². The Balaban J connectivity index is 2.78. The number of nitrogen functional groups attached to an aromatic ring is 1. The molecule has 0 aliphatic carbocycles. The molecular weight excluding hydrogens is 204 g/mol. The van der Waals surface area contributed by atoms with Crippen molar-refractivity contribution in [1.29, 1.82) is 0 Å². The molecule has 0 radical (unpaired) electrons. The van der Waals surface area contributed by atoms with Crippen LogP contribution >= 0.6 is 11.6 Å². The Hall–Kier alpha value is -0.840. The number of aliphatic hydroxyl groups is 2. The van der Waals surface area contributed by atoms with Crippen LogP contribution in [-0.2, 0) is 0 Å². The van der Waals surface area contributed by atoms with Gasteiger partial charge in [-0.15, -0.1) is 11.6 Å². The van der Waals surface area contributed by atoms with E-state index in [1.54, 1.807) is 6.07 Å². The molecule has 78 valence electrons. The summed E-state index contributed by atoms with van der Waals surface area (Å²) in [7, 11) is 0. The number of aromatic nitrogens is 1. The first-order valence-electron chi connectivity index (χ1n) is 4.28. The number of rotatable bonds is 4. The molecule has 0 spiro atoms. The Kier molecular flexibility index (Phi) is 4.13. The average Bonchev–Trinajstić information content (AvgIpc) is 2.18. The Morgan fingerprint density at radius 2 is 2.21 bits per heavy atom. The number of hydrogen-bond acceptors (Lipinski definition) is 4. The highest BCUT2D eigenvalue weighted by atomic mass is 35.5. The standard InChI is InChI=1S/C9H13ClN2O2/c10-3-1-8(13)9(14)6-2-4-12-5-7(6)11/h2,4-5,8-9,13-14H,1,3,11H2. The summed E-state index contributed by atoms with van der Waals surface area (Å²) in [6.07, 6.45) is 1.38. The van der Waals surface area contributed by atoms with E-state index in [1.165, 1.54) is 12.4 Å². The second-order valence-corrected chi connectivity index (χ2v) is 3.37. The van der Waals surface area contributed by atoms with Crippen molar-refractivity contribution in [2.24, 2.45) is 0 Å². The molecular formula is C9H13ClN2O2. The van der Waals surface area contributed by atoms with Gasteiger partial charge in [-0.05, 0) is 12.5 Å². The molecule has 2 unspecified atom stereocenters. The van der Waals surface area contributed by atoms with Gasteiger partial charge < -0.3 is 15.9 Å². The quantitative estimate of drug-likeness (QED) is 0.647. The third-order valence-electron chi connectivity index (χ3n) is 1.98. The van der Waals surface area contributed by atoms with Gasteiger partial charge in [-0.3, -0.25) is 4.98 Å². The van der Waals surface area contributed by atoms with Gasteiger partial charge in [-0.1, -0.05) is 0 Å². The van der Waals surface area contributed by atoms with E-state index >= 15 is 0 Å². The molecule has 0 amide bonds. The van der Waals surface area contributed by atoms with Gasteiger partial charge in [0.05, 0.1) is 18.0 Å². The fourth-order valence-corrected chi connectivity index (χ4v) is 1.39. The molecule has 1 aromatic rings. The van der Waals surface area contributed by atoms with Crippen molar-refractivity contribution in [3.05, 3.63) is 24.0 Å². The van der Waals surface area contributed by atoms with Crippen LogP contribution in [0, 0.1) is 0 Å². The van der Waals surface area contributed by atoms with Gasteiger partial charge in [-0.2, -0.15) is 0 Å². The van der Waals surface area contributed by atoms with Crippen molar-refractivity contribution >= 4 is 17.3 Å². The lowest BCUT2D eigenvalue weighted by molar-refractivity contribution is 0.0174. The van der Waals surface area contributed by atoms with Gasteiger partial charge in [-0.25, -0.2) is 0 Å². The highest BCUT2D eigenvalue weighted by molar-refractivity contribution is 6.17. The molecule has 5 heteroatoms. The molecule has 0 aliphatic heterocycles. The number of aliphatic hydroxyl groups excluding tert-OH is 2. The Morgan fingerprint density at radius 1 is 1.50 bits per heavy atom. The first kappa shape index (κ1) is 11.2. The lowest BCUT2D eigenvalue weighted by atomic mass is 10.0. The predicted octanol–water partition coefficient (Wildman–Crippen LogP) is 0.687. The molecule has 0 saturated carbocycles. The fourth-order valence-electron chi connectivity index (χ4n) is 1.16. The molecule has 1 rings (SSSR count). The number of hydrogen-bond donors (Lipinski definition) is 3. The molecule has 4 N–H and O–H groups in total. The van der Waals surface area contributed by atoms with Crippen molar-refractivity contribution in [1.82, 2.24) is 4.98 Å². The van der Waals surface area contributed by atoms with E-state index in [4.69, 9.17) is 17.3 Å². The first-order valence-corrected chi connectivity index (χ1v) is 4.81. The summed E-state index contributed by atoms with van der Waals surface area (Å²) < 4.78 is 0. The normalized spacial score (nSPS) is 15.1. The monoisotopic (exact) mass is 216 g/mol. The van der Waals surface area contributed by atoms with Crippen LogP contribution in [-0.4, -0.2) is 27.2 Å². The molecule has 0 fully saturated rings. The van der Waals surface area contributed by atoms with E-state index in [1.807, 2.05) is 0 Å². The summed E-state index contributed by atoms with van der Waals surface area (Å²) in [5, 5.41) is 19.2. The van der Waals surface area contributed by atoms with Crippen molar-refractivity contribution in [2.45, 2.75) is 18.6 Å². The summed E-state index contributed by atoms with van der Waals surface area (Å²) in [5.74, 6) is 0.295. The first-order chi connectivity index (χ1) is 6.66. The van der Waals surface area contributed by atoms with Crippen LogP contribution in [0.1, 0.15) is 18.1 Å². The zero-order valence-corrected chi connectivity index (χ0v) is 8.35. The van der Waals surface area contributed by atoms with E-state index in [0.29, 0.717) is 23.6 Å². The summed E-state index contributed by atoms with van der Waals surface area (Å²) in [5.41, 5.74) is 6.44. The summed E-state index contributed by atoms with van der Waals surface area (Å²) in [6, 6.07) is 1.58. The molecule has 1 heterocycles. The molecule has 0 aliphatic rings. The number of alkyl halides is 1. The lowest BCUT2D eigenvalue weighted by Crippen LogP contribution is -2.19. The molecule has 0 saturated heterocycles.